The fourth-order valence-electron chi connectivity index (χ4n) is 5.20. The number of aromatic nitrogens is 4. The van der Waals surface area contributed by atoms with E-state index < -0.39 is 5.72 Å². The molecule has 10 heteroatoms. The highest BCUT2D eigenvalue weighted by atomic mass is 79.9. The van der Waals surface area contributed by atoms with E-state index in [-0.39, 0.29) is 11.7 Å². The average molecular weight is 524 g/mol. The Morgan fingerprint density at radius 2 is 2.00 bits per heavy atom. The predicted octanol–water partition coefficient (Wildman–Crippen LogP) is 2.25. The van der Waals surface area contributed by atoms with E-state index in [9.17, 15) is 4.79 Å². The molecule has 176 valence electrons. The molecular formula is C24H26BrN7O2. The molecule has 0 saturated carbocycles. The van der Waals surface area contributed by atoms with Crippen LogP contribution < -0.4 is 0 Å². The number of fused-ring (bicyclic) bond motifs is 5. The second kappa shape index (κ2) is 8.53. The second-order valence-electron chi connectivity index (χ2n) is 8.78. The number of carbonyl (C=O) groups excluding carboxylic acids is 1. The third-order valence-electron chi connectivity index (χ3n) is 6.99. The molecule has 0 N–H and O–H groups in total. The first-order chi connectivity index (χ1) is 16.6. The Kier molecular flexibility index (Phi) is 5.48. The van der Waals surface area contributed by atoms with Gasteiger partial charge in [0.2, 0.25) is 5.82 Å². The lowest BCUT2D eigenvalue weighted by Crippen LogP contribution is -2.48. The van der Waals surface area contributed by atoms with E-state index in [4.69, 9.17) is 14.8 Å². The van der Waals surface area contributed by atoms with Crippen molar-refractivity contribution in [3.63, 3.8) is 0 Å². The number of carbonyl (C=O) groups is 1. The Morgan fingerprint density at radius 3 is 2.76 bits per heavy atom. The molecule has 3 aliphatic heterocycles. The zero-order valence-corrected chi connectivity index (χ0v) is 20.6. The first-order valence-corrected chi connectivity index (χ1v) is 12.5. The Hall–Kier alpha value is -2.66. The Labute approximate surface area is 206 Å². The molecule has 0 aliphatic carbocycles. The molecule has 1 atom stereocenters. The largest absolute Gasteiger partial charge is 0.349 e. The van der Waals surface area contributed by atoms with E-state index in [1.807, 2.05) is 39.9 Å². The van der Waals surface area contributed by atoms with Gasteiger partial charge in [0.25, 0.3) is 5.91 Å². The minimum atomic E-state index is -0.844. The number of likely N-dealkylation sites (N-methyl/N-ethyl adjacent to an activating group) is 1. The number of halogens is 1. The van der Waals surface area contributed by atoms with Gasteiger partial charge < -0.3 is 14.5 Å². The third-order valence-corrected chi connectivity index (χ3v) is 7.48. The van der Waals surface area contributed by atoms with E-state index in [2.05, 4.69) is 43.7 Å². The van der Waals surface area contributed by atoms with Crippen molar-refractivity contribution in [1.29, 1.82) is 0 Å². The van der Waals surface area contributed by atoms with Crippen LogP contribution in [0.15, 0.2) is 47.1 Å². The molecule has 2 aromatic heterocycles. The lowest BCUT2D eigenvalue weighted by Gasteiger charge is -2.36. The van der Waals surface area contributed by atoms with Gasteiger partial charge in [0, 0.05) is 49.0 Å². The van der Waals surface area contributed by atoms with Crippen molar-refractivity contribution >= 4 is 21.8 Å². The van der Waals surface area contributed by atoms with Crippen LogP contribution in [0, 0.1) is 0 Å². The number of nitrogens with zero attached hydrogens (tertiary/aromatic N) is 7. The fraction of sp³-hybridized carbons (Fsp3) is 0.417. The minimum Gasteiger partial charge on any atom is -0.349 e. The number of pyridine rings is 1. The summed E-state index contributed by atoms with van der Waals surface area (Å²) in [6, 6.07) is 11.9. The molecule has 2 saturated heterocycles. The first kappa shape index (κ1) is 21.8. The van der Waals surface area contributed by atoms with Crippen LogP contribution in [-0.4, -0.2) is 86.2 Å². The van der Waals surface area contributed by atoms with E-state index >= 15 is 0 Å². The molecule has 1 amide bonds. The smallest absolute Gasteiger partial charge is 0.293 e. The van der Waals surface area contributed by atoms with Crippen LogP contribution in [0.2, 0.25) is 0 Å². The van der Waals surface area contributed by atoms with Gasteiger partial charge >= 0.3 is 0 Å². The highest BCUT2D eigenvalue weighted by molar-refractivity contribution is 9.10. The molecule has 1 unspecified atom stereocenters. The summed E-state index contributed by atoms with van der Waals surface area (Å²) in [6.45, 7) is 8.09. The summed E-state index contributed by atoms with van der Waals surface area (Å²) in [6.07, 6.45) is 1.79. The lowest BCUT2D eigenvalue weighted by molar-refractivity contribution is -0.0585. The number of rotatable bonds is 3. The van der Waals surface area contributed by atoms with E-state index in [0.29, 0.717) is 26.2 Å². The van der Waals surface area contributed by atoms with Crippen molar-refractivity contribution in [1.82, 2.24) is 34.4 Å². The van der Waals surface area contributed by atoms with E-state index in [0.717, 1.165) is 53.4 Å². The molecule has 34 heavy (non-hydrogen) atoms. The van der Waals surface area contributed by atoms with Crippen LogP contribution in [0.25, 0.3) is 5.69 Å². The third kappa shape index (κ3) is 3.39. The molecule has 3 aromatic rings. The molecule has 3 aliphatic rings. The predicted molar refractivity (Wildman–Crippen MR) is 128 cm³/mol. The zero-order valence-electron chi connectivity index (χ0n) is 19.0. The summed E-state index contributed by atoms with van der Waals surface area (Å²) in [7, 11) is 0. The van der Waals surface area contributed by atoms with Gasteiger partial charge in [0.15, 0.2) is 5.72 Å². The normalized spacial score (nSPS) is 22.7. The monoisotopic (exact) mass is 523 g/mol. The molecule has 1 aromatic carbocycles. The van der Waals surface area contributed by atoms with Gasteiger partial charge in [-0.3, -0.25) is 14.7 Å². The first-order valence-electron chi connectivity index (χ1n) is 11.7. The van der Waals surface area contributed by atoms with Crippen molar-refractivity contribution in [2.24, 2.45) is 0 Å². The van der Waals surface area contributed by atoms with Crippen molar-refractivity contribution in [2.75, 3.05) is 45.9 Å². The highest BCUT2D eigenvalue weighted by Gasteiger charge is 2.51. The SMILES string of the molecule is CCN1CCN(C(=O)c2nc3n(n2)-c2ccc(Br)cc2C2(c4ccccn4)OCCN2C3)CC1. The van der Waals surface area contributed by atoms with Gasteiger partial charge in [0.1, 0.15) is 5.82 Å². The maximum Gasteiger partial charge on any atom is 0.293 e. The molecule has 6 rings (SSSR count). The average Bonchev–Trinajstić information content (AvgIpc) is 3.47. The molecule has 0 bridgehead atoms. The number of hydrogen-bond donors (Lipinski definition) is 0. The van der Waals surface area contributed by atoms with Gasteiger partial charge in [-0.25, -0.2) is 9.67 Å². The summed E-state index contributed by atoms with van der Waals surface area (Å²) < 4.78 is 9.23. The van der Waals surface area contributed by atoms with Crippen molar-refractivity contribution in [2.45, 2.75) is 19.2 Å². The van der Waals surface area contributed by atoms with Gasteiger partial charge in [0.05, 0.1) is 24.5 Å². The van der Waals surface area contributed by atoms with Crippen LogP contribution in [0.3, 0.4) is 0 Å². The number of hydrogen-bond acceptors (Lipinski definition) is 7. The maximum atomic E-state index is 13.3. The van der Waals surface area contributed by atoms with Crippen molar-refractivity contribution in [3.05, 3.63) is 70.0 Å². The summed E-state index contributed by atoms with van der Waals surface area (Å²) in [5.74, 6) is 0.866. The van der Waals surface area contributed by atoms with Gasteiger partial charge in [-0.1, -0.05) is 28.9 Å². The van der Waals surface area contributed by atoms with Gasteiger partial charge in [-0.15, -0.1) is 5.10 Å². The Balaban J connectivity index is 1.44. The van der Waals surface area contributed by atoms with E-state index in [1.165, 1.54) is 0 Å². The summed E-state index contributed by atoms with van der Waals surface area (Å²) in [5.41, 5.74) is 1.75. The van der Waals surface area contributed by atoms with Crippen LogP contribution in [0.5, 0.6) is 0 Å². The molecular weight excluding hydrogens is 498 g/mol. The van der Waals surface area contributed by atoms with Crippen LogP contribution in [0.4, 0.5) is 0 Å². The van der Waals surface area contributed by atoms with Crippen LogP contribution in [-0.2, 0) is 17.0 Å². The minimum absolute atomic E-state index is 0.108. The van der Waals surface area contributed by atoms with Crippen molar-refractivity contribution in [3.8, 4) is 5.69 Å². The number of ether oxygens (including phenoxy) is 1. The lowest BCUT2D eigenvalue weighted by atomic mass is 9.95. The summed E-state index contributed by atoms with van der Waals surface area (Å²) in [4.78, 5) is 29.2. The summed E-state index contributed by atoms with van der Waals surface area (Å²) in [5, 5.41) is 4.73. The maximum absolute atomic E-state index is 13.3. The molecule has 5 heterocycles. The molecule has 2 fully saturated rings. The van der Waals surface area contributed by atoms with Crippen LogP contribution >= 0.6 is 15.9 Å². The number of amides is 1. The van der Waals surface area contributed by atoms with Gasteiger partial charge in [-0.2, -0.15) is 0 Å². The highest BCUT2D eigenvalue weighted by Crippen LogP contribution is 2.45. The zero-order chi connectivity index (χ0) is 23.3. The van der Waals surface area contributed by atoms with Crippen LogP contribution in [0.1, 0.15) is 34.6 Å². The Bertz CT molecular complexity index is 1230. The molecule has 9 nitrogen and oxygen atoms in total. The Morgan fingerprint density at radius 1 is 1.15 bits per heavy atom. The topological polar surface area (TPSA) is 79.6 Å². The molecule has 0 radical (unpaired) electrons. The summed E-state index contributed by atoms with van der Waals surface area (Å²) >= 11 is 3.64. The fourth-order valence-corrected chi connectivity index (χ4v) is 5.56. The standard InChI is InChI=1S/C24H26BrN7O2/c1-2-29-9-11-30(12-10-29)23(33)22-27-21-16-31-13-14-34-24(31,20-5-3-4-8-26-20)18-15-17(25)6-7-19(18)32(21)28-22/h3-8,15H,2,9-14,16H2,1H3. The number of benzene rings is 1. The number of piperazine rings is 1. The van der Waals surface area contributed by atoms with Gasteiger partial charge in [-0.05, 0) is 36.9 Å². The van der Waals surface area contributed by atoms with Crippen molar-refractivity contribution < 1.29 is 9.53 Å². The quantitative estimate of drug-likeness (QED) is 0.520. The second-order valence-corrected chi connectivity index (χ2v) is 9.70. The molecule has 0 spiro atoms. The van der Waals surface area contributed by atoms with E-state index in [1.54, 1.807) is 6.20 Å².